The monoisotopic (exact) mass is 491 g/mol. The van der Waals surface area contributed by atoms with E-state index in [1.54, 1.807) is 7.11 Å². The largest absolute Gasteiger partial charge is 0.497 e. The van der Waals surface area contributed by atoms with Crippen LogP contribution in [0.1, 0.15) is 24.4 Å². The molecule has 1 N–H and O–H groups in total. The number of sulfonamides is 1. The van der Waals surface area contributed by atoms with Gasteiger partial charge in [0, 0.05) is 26.2 Å². The molecule has 2 aliphatic heterocycles. The van der Waals surface area contributed by atoms with E-state index in [-0.39, 0.29) is 23.4 Å². The SMILES string of the molecule is COc1ccc(C(CNC(=O)C2CCCN2S(=O)(=O)c2ccc(F)cc2)N2CCOCC2)cc1. The van der Waals surface area contributed by atoms with Gasteiger partial charge in [0.15, 0.2) is 0 Å². The number of rotatable bonds is 8. The van der Waals surface area contributed by atoms with E-state index in [4.69, 9.17) is 9.47 Å². The molecule has 0 aromatic heterocycles. The minimum atomic E-state index is -3.90. The zero-order valence-corrected chi connectivity index (χ0v) is 20.0. The lowest BCUT2D eigenvalue weighted by Gasteiger charge is -2.35. The van der Waals surface area contributed by atoms with Gasteiger partial charge in [-0.15, -0.1) is 0 Å². The summed E-state index contributed by atoms with van der Waals surface area (Å²) in [4.78, 5) is 15.4. The van der Waals surface area contributed by atoms with Crippen LogP contribution in [0.2, 0.25) is 0 Å². The standard InChI is InChI=1S/C24H30FN3O5S/c1-32-20-8-4-18(5-9-20)23(27-13-15-33-16-14-27)17-26-24(29)22-3-2-12-28(22)34(30,31)21-10-6-19(25)7-11-21/h4-11,22-23H,2-3,12-17H2,1H3,(H,26,29). The molecule has 0 saturated carbocycles. The quantitative estimate of drug-likeness (QED) is 0.609. The molecule has 0 bridgehead atoms. The number of nitrogens with one attached hydrogen (secondary N) is 1. The lowest BCUT2D eigenvalue weighted by atomic mass is 10.0. The number of halogens is 1. The average molecular weight is 492 g/mol. The van der Waals surface area contributed by atoms with E-state index < -0.39 is 21.9 Å². The van der Waals surface area contributed by atoms with Crippen LogP contribution in [0.25, 0.3) is 0 Å². The maximum absolute atomic E-state index is 13.3. The summed E-state index contributed by atoms with van der Waals surface area (Å²) in [5, 5.41) is 2.99. The predicted octanol–water partition coefficient (Wildman–Crippen LogP) is 2.18. The highest BCUT2D eigenvalue weighted by atomic mass is 32.2. The molecule has 0 aliphatic carbocycles. The second kappa shape index (κ2) is 10.8. The first-order valence-corrected chi connectivity index (χ1v) is 12.8. The van der Waals surface area contributed by atoms with E-state index in [1.807, 2.05) is 24.3 Å². The Morgan fingerprint density at radius 1 is 1.12 bits per heavy atom. The molecule has 2 fully saturated rings. The molecule has 1 amide bonds. The molecule has 34 heavy (non-hydrogen) atoms. The molecule has 10 heteroatoms. The summed E-state index contributed by atoms with van der Waals surface area (Å²) in [6, 6.07) is 11.5. The fourth-order valence-electron chi connectivity index (χ4n) is 4.52. The Labute approximate surface area is 199 Å². The highest BCUT2D eigenvalue weighted by Crippen LogP contribution is 2.27. The molecular weight excluding hydrogens is 461 g/mol. The smallest absolute Gasteiger partial charge is 0.243 e. The van der Waals surface area contributed by atoms with Crippen LogP contribution in [0.4, 0.5) is 4.39 Å². The fourth-order valence-corrected chi connectivity index (χ4v) is 6.18. The van der Waals surface area contributed by atoms with Crippen molar-refractivity contribution in [3.05, 3.63) is 59.9 Å². The Morgan fingerprint density at radius 3 is 2.44 bits per heavy atom. The highest BCUT2D eigenvalue weighted by molar-refractivity contribution is 7.89. The minimum Gasteiger partial charge on any atom is -0.497 e. The number of hydrogen-bond donors (Lipinski definition) is 1. The number of morpholine rings is 1. The van der Waals surface area contributed by atoms with Crippen molar-refractivity contribution in [3.63, 3.8) is 0 Å². The molecule has 0 spiro atoms. The Bertz CT molecular complexity index is 1070. The molecule has 2 aromatic rings. The van der Waals surface area contributed by atoms with Crippen LogP contribution in [-0.4, -0.2) is 76.1 Å². The molecule has 0 radical (unpaired) electrons. The van der Waals surface area contributed by atoms with Gasteiger partial charge in [-0.05, 0) is 54.8 Å². The topological polar surface area (TPSA) is 88.2 Å². The molecule has 2 saturated heterocycles. The maximum Gasteiger partial charge on any atom is 0.243 e. The van der Waals surface area contributed by atoms with Crippen LogP contribution in [-0.2, 0) is 19.6 Å². The van der Waals surface area contributed by atoms with Crippen molar-refractivity contribution in [3.8, 4) is 5.75 Å². The first-order chi connectivity index (χ1) is 16.4. The third-order valence-electron chi connectivity index (χ3n) is 6.38. The van der Waals surface area contributed by atoms with E-state index in [0.29, 0.717) is 32.6 Å². The number of carbonyl (C=O) groups excluding carboxylic acids is 1. The first kappa shape index (κ1) is 24.6. The normalized spacial score (nSPS) is 20.7. The minimum absolute atomic E-state index is 0.0157. The molecule has 2 unspecified atom stereocenters. The van der Waals surface area contributed by atoms with E-state index in [1.165, 1.54) is 16.4 Å². The first-order valence-electron chi connectivity index (χ1n) is 11.4. The number of carbonyl (C=O) groups is 1. The fraction of sp³-hybridized carbons (Fsp3) is 0.458. The van der Waals surface area contributed by atoms with Gasteiger partial charge in [-0.1, -0.05) is 12.1 Å². The van der Waals surface area contributed by atoms with Crippen LogP contribution in [0.5, 0.6) is 5.75 Å². The number of ether oxygens (including phenoxy) is 2. The summed E-state index contributed by atoms with van der Waals surface area (Å²) < 4.78 is 51.5. The van der Waals surface area contributed by atoms with Gasteiger partial charge >= 0.3 is 0 Å². The van der Waals surface area contributed by atoms with Gasteiger partial charge in [-0.3, -0.25) is 9.69 Å². The number of hydrogen-bond acceptors (Lipinski definition) is 6. The van der Waals surface area contributed by atoms with Crippen molar-refractivity contribution in [2.45, 2.75) is 29.8 Å². The molecule has 2 aromatic carbocycles. The Morgan fingerprint density at radius 2 is 1.79 bits per heavy atom. The van der Waals surface area contributed by atoms with E-state index in [2.05, 4.69) is 10.2 Å². The van der Waals surface area contributed by atoms with Gasteiger partial charge in [0.25, 0.3) is 0 Å². The lowest BCUT2D eigenvalue weighted by Crippen LogP contribution is -2.49. The summed E-state index contributed by atoms with van der Waals surface area (Å²) in [7, 11) is -2.29. The zero-order chi connectivity index (χ0) is 24.1. The summed E-state index contributed by atoms with van der Waals surface area (Å²) in [5.41, 5.74) is 1.03. The van der Waals surface area contributed by atoms with Crippen molar-refractivity contribution in [2.75, 3.05) is 46.5 Å². The van der Waals surface area contributed by atoms with Crippen molar-refractivity contribution in [1.29, 1.82) is 0 Å². The van der Waals surface area contributed by atoms with Crippen molar-refractivity contribution in [1.82, 2.24) is 14.5 Å². The molecule has 2 atom stereocenters. The predicted molar refractivity (Wildman–Crippen MR) is 124 cm³/mol. The van der Waals surface area contributed by atoms with Gasteiger partial charge in [-0.25, -0.2) is 12.8 Å². The molecular formula is C24H30FN3O5S. The van der Waals surface area contributed by atoms with Gasteiger partial charge in [0.2, 0.25) is 15.9 Å². The number of methoxy groups -OCH3 is 1. The third kappa shape index (κ3) is 5.41. The second-order valence-corrected chi connectivity index (χ2v) is 10.3. The van der Waals surface area contributed by atoms with Gasteiger partial charge in [0.1, 0.15) is 17.6 Å². The zero-order valence-electron chi connectivity index (χ0n) is 19.2. The van der Waals surface area contributed by atoms with Gasteiger partial charge < -0.3 is 14.8 Å². The Kier molecular flexibility index (Phi) is 7.82. The van der Waals surface area contributed by atoms with Crippen LogP contribution in [0, 0.1) is 5.82 Å². The van der Waals surface area contributed by atoms with Crippen LogP contribution in [0.3, 0.4) is 0 Å². The van der Waals surface area contributed by atoms with Crippen molar-refractivity contribution >= 4 is 15.9 Å². The van der Waals surface area contributed by atoms with Gasteiger partial charge in [-0.2, -0.15) is 4.31 Å². The lowest BCUT2D eigenvalue weighted by molar-refractivity contribution is -0.124. The van der Waals surface area contributed by atoms with Crippen molar-refractivity contribution in [2.24, 2.45) is 0 Å². The van der Waals surface area contributed by atoms with E-state index >= 15 is 0 Å². The number of nitrogens with zero attached hydrogens (tertiary/aromatic N) is 2. The summed E-state index contributed by atoms with van der Waals surface area (Å²) in [5.74, 6) is -0.0848. The van der Waals surface area contributed by atoms with Crippen molar-refractivity contribution < 1.29 is 27.1 Å². The number of benzene rings is 2. The highest BCUT2D eigenvalue weighted by Gasteiger charge is 2.39. The van der Waals surface area contributed by atoms with E-state index in [9.17, 15) is 17.6 Å². The summed E-state index contributed by atoms with van der Waals surface area (Å²) in [6.45, 7) is 3.30. The Balaban J connectivity index is 1.48. The third-order valence-corrected chi connectivity index (χ3v) is 8.31. The van der Waals surface area contributed by atoms with Crippen LogP contribution < -0.4 is 10.1 Å². The molecule has 2 aliphatic rings. The van der Waals surface area contributed by atoms with Crippen LogP contribution >= 0.6 is 0 Å². The van der Waals surface area contributed by atoms with Crippen LogP contribution in [0.15, 0.2) is 53.4 Å². The average Bonchev–Trinajstić information content (AvgIpc) is 3.37. The molecule has 8 nitrogen and oxygen atoms in total. The maximum atomic E-state index is 13.3. The Hall–Kier alpha value is -2.53. The second-order valence-electron chi connectivity index (χ2n) is 8.41. The molecule has 2 heterocycles. The summed E-state index contributed by atoms with van der Waals surface area (Å²) >= 11 is 0. The van der Waals surface area contributed by atoms with E-state index in [0.717, 1.165) is 36.5 Å². The molecule has 184 valence electrons. The molecule has 4 rings (SSSR count). The summed E-state index contributed by atoms with van der Waals surface area (Å²) in [6.07, 6.45) is 1.03. The van der Waals surface area contributed by atoms with Gasteiger partial charge in [0.05, 0.1) is 31.3 Å². The number of amides is 1.